The standard InChI is InChI=1S/C41H41N3O6/c1-5-18-42-32-17-16-28(44-33-15-9-13-25-12-8-14-30(36(25)33)38(44)47)20-31(32)41(39(42)48)24(2)37(40(3,4)49)34(50-41)21-35(46)43-22-27-11-7-6-10-26(27)19-29(43)23-45/h5-17,20,24,29,34,37,45,49H,1,18-19,21-23H2,2-4H3/t24-,29+,34+,37-,41+/m1/s1. The van der Waals surface area contributed by atoms with E-state index in [9.17, 15) is 24.6 Å². The predicted molar refractivity (Wildman–Crippen MR) is 191 cm³/mol. The Labute approximate surface area is 291 Å². The zero-order chi connectivity index (χ0) is 35.1. The van der Waals surface area contributed by atoms with Crippen molar-refractivity contribution in [1.82, 2.24) is 4.90 Å². The van der Waals surface area contributed by atoms with Gasteiger partial charge in [0.2, 0.25) is 5.91 Å². The summed E-state index contributed by atoms with van der Waals surface area (Å²) in [6.07, 6.45) is 1.31. The number of aliphatic hydroxyl groups excluding tert-OH is 1. The van der Waals surface area contributed by atoms with Crippen LogP contribution in [0, 0.1) is 11.8 Å². The lowest BCUT2D eigenvalue weighted by atomic mass is 9.70. The highest BCUT2D eigenvalue weighted by atomic mass is 16.5. The van der Waals surface area contributed by atoms with Crippen LogP contribution in [0.15, 0.2) is 91.5 Å². The van der Waals surface area contributed by atoms with E-state index >= 15 is 0 Å². The predicted octanol–water partition coefficient (Wildman–Crippen LogP) is 5.62. The molecule has 1 saturated heterocycles. The maximum atomic E-state index is 14.7. The Balaban J connectivity index is 1.20. The van der Waals surface area contributed by atoms with E-state index in [1.165, 1.54) is 0 Å². The van der Waals surface area contributed by atoms with Gasteiger partial charge in [-0.25, -0.2) is 0 Å². The Morgan fingerprint density at radius 1 is 1.02 bits per heavy atom. The van der Waals surface area contributed by atoms with E-state index in [1.54, 1.807) is 34.6 Å². The molecule has 0 radical (unpaired) electrons. The van der Waals surface area contributed by atoms with Crippen molar-refractivity contribution in [3.63, 3.8) is 0 Å². The average molecular weight is 672 g/mol. The average Bonchev–Trinajstić information content (AvgIpc) is 3.65. The molecule has 0 aromatic heterocycles. The lowest BCUT2D eigenvalue weighted by Crippen LogP contribution is -2.48. The minimum atomic E-state index is -1.53. The third-order valence-corrected chi connectivity index (χ3v) is 11.4. The molecule has 4 aromatic carbocycles. The molecule has 9 heteroatoms. The van der Waals surface area contributed by atoms with Gasteiger partial charge >= 0.3 is 0 Å². The molecule has 9 nitrogen and oxygen atoms in total. The number of aliphatic hydroxyl groups is 2. The van der Waals surface area contributed by atoms with Crippen LogP contribution in [-0.4, -0.2) is 63.7 Å². The number of nitrogens with zero attached hydrogens (tertiary/aromatic N) is 3. The van der Waals surface area contributed by atoms with Gasteiger partial charge in [-0.3, -0.25) is 19.3 Å². The van der Waals surface area contributed by atoms with Crippen molar-refractivity contribution in [2.45, 2.75) is 63.5 Å². The molecule has 0 unspecified atom stereocenters. The minimum absolute atomic E-state index is 0.0783. The van der Waals surface area contributed by atoms with Gasteiger partial charge in [0.05, 0.1) is 47.7 Å². The molecule has 8 rings (SSSR count). The summed E-state index contributed by atoms with van der Waals surface area (Å²) < 4.78 is 6.94. The van der Waals surface area contributed by atoms with Gasteiger partial charge in [-0.2, -0.15) is 0 Å². The summed E-state index contributed by atoms with van der Waals surface area (Å²) in [4.78, 5) is 47.8. The summed E-state index contributed by atoms with van der Waals surface area (Å²) >= 11 is 0. The number of fused-ring (bicyclic) bond motifs is 3. The van der Waals surface area contributed by atoms with Crippen LogP contribution in [0.3, 0.4) is 0 Å². The van der Waals surface area contributed by atoms with Gasteiger partial charge in [0.25, 0.3) is 11.8 Å². The van der Waals surface area contributed by atoms with Crippen LogP contribution in [-0.2, 0) is 32.9 Å². The Morgan fingerprint density at radius 3 is 2.48 bits per heavy atom. The van der Waals surface area contributed by atoms with Crippen molar-refractivity contribution in [2.24, 2.45) is 11.8 Å². The maximum Gasteiger partial charge on any atom is 0.264 e. The normalized spacial score (nSPS) is 25.5. The number of rotatable bonds is 7. The number of benzene rings is 4. The number of hydrogen-bond acceptors (Lipinski definition) is 6. The molecule has 256 valence electrons. The minimum Gasteiger partial charge on any atom is -0.394 e. The summed E-state index contributed by atoms with van der Waals surface area (Å²) in [5, 5.41) is 23.8. The molecule has 4 aliphatic heterocycles. The number of ether oxygens (including phenoxy) is 1. The van der Waals surface area contributed by atoms with Gasteiger partial charge in [-0.05, 0) is 67.1 Å². The van der Waals surface area contributed by atoms with Gasteiger partial charge in [0.15, 0.2) is 5.60 Å². The second-order valence-corrected chi connectivity index (χ2v) is 14.6. The first-order valence-corrected chi connectivity index (χ1v) is 17.3. The fourth-order valence-corrected chi connectivity index (χ4v) is 9.22. The largest absolute Gasteiger partial charge is 0.394 e. The van der Waals surface area contributed by atoms with Crippen molar-refractivity contribution in [1.29, 1.82) is 0 Å². The molecule has 1 spiro atoms. The van der Waals surface area contributed by atoms with Crippen molar-refractivity contribution in [3.05, 3.63) is 114 Å². The lowest BCUT2D eigenvalue weighted by Gasteiger charge is -2.38. The van der Waals surface area contributed by atoms with E-state index in [0.29, 0.717) is 35.5 Å². The van der Waals surface area contributed by atoms with Crippen molar-refractivity contribution in [3.8, 4) is 0 Å². The maximum absolute atomic E-state index is 14.7. The number of hydrogen-bond donors (Lipinski definition) is 2. The topological polar surface area (TPSA) is 111 Å². The summed E-state index contributed by atoms with van der Waals surface area (Å²) in [7, 11) is 0. The molecule has 5 atom stereocenters. The quantitative estimate of drug-likeness (QED) is 0.247. The van der Waals surface area contributed by atoms with E-state index in [2.05, 4.69) is 6.58 Å². The highest BCUT2D eigenvalue weighted by Crippen LogP contribution is 2.59. The zero-order valence-corrected chi connectivity index (χ0v) is 28.5. The molecule has 4 heterocycles. The zero-order valence-electron chi connectivity index (χ0n) is 28.5. The number of anilines is 3. The first-order chi connectivity index (χ1) is 24.0. The van der Waals surface area contributed by atoms with Gasteiger partial charge < -0.3 is 24.7 Å². The molecule has 0 saturated carbocycles. The smallest absolute Gasteiger partial charge is 0.264 e. The second kappa shape index (κ2) is 11.6. The van der Waals surface area contributed by atoms with E-state index in [1.807, 2.05) is 85.8 Å². The van der Waals surface area contributed by atoms with Crippen LogP contribution in [0.1, 0.15) is 54.2 Å². The van der Waals surface area contributed by atoms with Gasteiger partial charge in [-0.1, -0.05) is 61.5 Å². The Kier molecular flexibility index (Phi) is 7.52. The fourth-order valence-electron chi connectivity index (χ4n) is 9.22. The Morgan fingerprint density at radius 2 is 1.76 bits per heavy atom. The van der Waals surface area contributed by atoms with Crippen molar-refractivity contribution in [2.75, 3.05) is 23.0 Å². The summed E-state index contributed by atoms with van der Waals surface area (Å²) in [5.74, 6) is -1.82. The van der Waals surface area contributed by atoms with Gasteiger partial charge in [0.1, 0.15) is 0 Å². The molecule has 3 amide bonds. The molecule has 2 N–H and O–H groups in total. The van der Waals surface area contributed by atoms with Crippen LogP contribution in [0.5, 0.6) is 0 Å². The second-order valence-electron chi connectivity index (χ2n) is 14.6. The van der Waals surface area contributed by atoms with Crippen LogP contribution >= 0.6 is 0 Å². The summed E-state index contributed by atoms with van der Waals surface area (Å²) in [5.41, 5.74) is 2.51. The van der Waals surface area contributed by atoms with E-state index in [-0.39, 0.29) is 37.3 Å². The van der Waals surface area contributed by atoms with E-state index in [0.717, 1.165) is 27.6 Å². The highest BCUT2D eigenvalue weighted by molar-refractivity contribution is 6.28. The molecule has 50 heavy (non-hydrogen) atoms. The molecular formula is C41H41N3O6. The van der Waals surface area contributed by atoms with Crippen molar-refractivity contribution < 1.29 is 29.3 Å². The SMILES string of the molecule is C=CCN1C(=O)[C@@]2(O[C@@H](CC(=O)N3Cc4ccccc4C[C@H]3CO)[C@H](C(C)(C)O)[C@H]2C)c2cc(N3C(=O)c4cccc5cccc3c45)ccc21. The molecule has 4 aliphatic rings. The van der Waals surface area contributed by atoms with Crippen LogP contribution < -0.4 is 9.80 Å². The number of carbonyl (C=O) groups excluding carboxylic acids is 3. The summed E-state index contributed by atoms with van der Waals surface area (Å²) in [6.45, 7) is 9.60. The third-order valence-electron chi connectivity index (χ3n) is 11.4. The van der Waals surface area contributed by atoms with Crippen LogP contribution in [0.2, 0.25) is 0 Å². The lowest BCUT2D eigenvalue weighted by molar-refractivity contribution is -0.151. The van der Waals surface area contributed by atoms with Crippen LogP contribution in [0.4, 0.5) is 17.1 Å². The first kappa shape index (κ1) is 32.4. The van der Waals surface area contributed by atoms with Gasteiger partial charge in [0, 0.05) is 41.6 Å². The summed E-state index contributed by atoms with van der Waals surface area (Å²) in [6, 6.07) is 24.6. The fraction of sp³-hybridized carbons (Fsp3) is 0.341. The van der Waals surface area contributed by atoms with Crippen LogP contribution in [0.25, 0.3) is 10.8 Å². The van der Waals surface area contributed by atoms with E-state index < -0.39 is 35.2 Å². The Hall–Kier alpha value is -4.83. The molecular weight excluding hydrogens is 630 g/mol. The number of amides is 3. The molecule has 0 bridgehead atoms. The number of carbonyl (C=O) groups is 3. The molecule has 1 fully saturated rings. The monoisotopic (exact) mass is 671 g/mol. The molecule has 4 aromatic rings. The first-order valence-electron chi connectivity index (χ1n) is 17.3. The highest BCUT2D eigenvalue weighted by Gasteiger charge is 2.66. The van der Waals surface area contributed by atoms with Gasteiger partial charge in [-0.15, -0.1) is 6.58 Å². The van der Waals surface area contributed by atoms with Crippen molar-refractivity contribution >= 4 is 45.6 Å². The third kappa shape index (κ3) is 4.60. The van der Waals surface area contributed by atoms with E-state index in [4.69, 9.17) is 4.74 Å². The Bertz CT molecular complexity index is 2080. The molecule has 0 aliphatic carbocycles.